The second kappa shape index (κ2) is 3.14. The van der Waals surface area contributed by atoms with E-state index in [0.717, 1.165) is 11.0 Å². The number of carboxylic acid groups (broad SMARTS) is 1. The van der Waals surface area contributed by atoms with Gasteiger partial charge >= 0.3 is 5.97 Å². The molecule has 0 fully saturated rings. The second-order valence-corrected chi connectivity index (χ2v) is 3.21. The van der Waals surface area contributed by atoms with Crippen LogP contribution in [-0.4, -0.2) is 16.1 Å². The zero-order valence-corrected chi connectivity index (χ0v) is 7.77. The summed E-state index contributed by atoms with van der Waals surface area (Å²) in [6.45, 7) is 1.66. The Kier molecular flexibility index (Phi) is 1.96. The minimum absolute atomic E-state index is 0.550. The summed E-state index contributed by atoms with van der Waals surface area (Å²) in [4.78, 5) is 13.8. The van der Waals surface area contributed by atoms with Gasteiger partial charge in [0.2, 0.25) is 6.33 Å². The molecule has 4 heteroatoms. The SMILES string of the molecule is C[C@H](C(=O)O)[n+]1c[nH]c2ccccc21. The maximum atomic E-state index is 10.8. The fourth-order valence-corrected chi connectivity index (χ4v) is 1.47. The number of rotatable bonds is 2. The van der Waals surface area contributed by atoms with Crippen LogP contribution >= 0.6 is 0 Å². The molecule has 0 saturated heterocycles. The van der Waals surface area contributed by atoms with Gasteiger partial charge in [-0.3, -0.25) is 0 Å². The highest BCUT2D eigenvalue weighted by Gasteiger charge is 2.21. The standard InChI is InChI=1S/C10H10N2O2/c1-7(10(13)14)12-6-11-8-4-2-3-5-9(8)12/h2-7H,1H3,(H,13,14)/p+1/t7-/m1/s1. The number of benzene rings is 1. The van der Waals surface area contributed by atoms with E-state index in [1.807, 2.05) is 24.3 Å². The lowest BCUT2D eigenvalue weighted by molar-refractivity contribution is -0.682. The van der Waals surface area contributed by atoms with Crippen LogP contribution in [0.25, 0.3) is 11.0 Å². The maximum absolute atomic E-state index is 10.8. The minimum atomic E-state index is -0.834. The lowest BCUT2D eigenvalue weighted by atomic mass is 10.3. The van der Waals surface area contributed by atoms with Crippen LogP contribution in [0.3, 0.4) is 0 Å². The van der Waals surface area contributed by atoms with Crippen molar-refractivity contribution in [3.8, 4) is 0 Å². The molecule has 2 aromatic rings. The summed E-state index contributed by atoms with van der Waals surface area (Å²) >= 11 is 0. The Morgan fingerprint density at radius 1 is 1.50 bits per heavy atom. The Bertz CT molecular complexity index is 476. The molecule has 14 heavy (non-hydrogen) atoms. The first kappa shape index (κ1) is 8.74. The van der Waals surface area contributed by atoms with E-state index in [2.05, 4.69) is 4.98 Å². The third kappa shape index (κ3) is 1.25. The van der Waals surface area contributed by atoms with Gasteiger partial charge in [0.25, 0.3) is 0 Å². The molecular weight excluding hydrogens is 180 g/mol. The van der Waals surface area contributed by atoms with Gasteiger partial charge in [-0.15, -0.1) is 0 Å². The molecule has 0 amide bonds. The number of carboxylic acids is 1. The average Bonchev–Trinajstić information content (AvgIpc) is 2.60. The van der Waals surface area contributed by atoms with Crippen LogP contribution in [0.2, 0.25) is 0 Å². The molecule has 0 aliphatic rings. The molecule has 1 heterocycles. The fourth-order valence-electron chi connectivity index (χ4n) is 1.47. The topological polar surface area (TPSA) is 57.0 Å². The molecule has 0 bridgehead atoms. The summed E-state index contributed by atoms with van der Waals surface area (Å²) in [7, 11) is 0. The Morgan fingerprint density at radius 3 is 2.93 bits per heavy atom. The van der Waals surface area contributed by atoms with Crippen molar-refractivity contribution in [2.24, 2.45) is 0 Å². The predicted molar refractivity (Wildman–Crippen MR) is 50.8 cm³/mol. The van der Waals surface area contributed by atoms with Gasteiger partial charge in [-0.25, -0.2) is 14.3 Å². The van der Waals surface area contributed by atoms with Gasteiger partial charge in [-0.2, -0.15) is 0 Å². The first-order valence-electron chi connectivity index (χ1n) is 4.40. The highest BCUT2D eigenvalue weighted by atomic mass is 16.4. The minimum Gasteiger partial charge on any atom is -0.478 e. The molecule has 0 radical (unpaired) electrons. The molecule has 0 spiro atoms. The lowest BCUT2D eigenvalue weighted by Gasteiger charge is -2.01. The molecule has 0 aliphatic heterocycles. The van der Waals surface area contributed by atoms with Crippen LogP contribution in [0.15, 0.2) is 30.6 Å². The van der Waals surface area contributed by atoms with Crippen LogP contribution in [0.1, 0.15) is 13.0 Å². The van der Waals surface area contributed by atoms with Crippen LogP contribution in [0, 0.1) is 0 Å². The fraction of sp³-hybridized carbons (Fsp3) is 0.200. The van der Waals surface area contributed by atoms with Gasteiger partial charge in [0.1, 0.15) is 0 Å². The average molecular weight is 191 g/mol. The number of aromatic nitrogens is 2. The van der Waals surface area contributed by atoms with Crippen molar-refractivity contribution in [3.63, 3.8) is 0 Å². The summed E-state index contributed by atoms with van der Waals surface area (Å²) in [5.41, 5.74) is 1.85. The van der Waals surface area contributed by atoms with E-state index >= 15 is 0 Å². The van der Waals surface area contributed by atoms with Crippen LogP contribution in [-0.2, 0) is 4.79 Å². The Morgan fingerprint density at radius 2 is 2.21 bits per heavy atom. The highest BCUT2D eigenvalue weighted by Crippen LogP contribution is 2.08. The summed E-state index contributed by atoms with van der Waals surface area (Å²) in [5.74, 6) is -0.834. The number of imidazole rings is 1. The molecule has 4 nitrogen and oxygen atoms in total. The van der Waals surface area contributed by atoms with E-state index in [1.54, 1.807) is 17.8 Å². The number of nitrogens with zero attached hydrogens (tertiary/aromatic N) is 1. The molecule has 1 atom stereocenters. The van der Waals surface area contributed by atoms with Crippen molar-refractivity contribution in [1.29, 1.82) is 0 Å². The quantitative estimate of drug-likeness (QED) is 0.698. The molecule has 0 aliphatic carbocycles. The van der Waals surface area contributed by atoms with E-state index in [9.17, 15) is 4.79 Å². The number of nitrogens with one attached hydrogen (secondary N) is 1. The molecular formula is C10H11N2O2+. The second-order valence-electron chi connectivity index (χ2n) is 3.21. The molecule has 0 saturated carbocycles. The van der Waals surface area contributed by atoms with Crippen LogP contribution in [0.5, 0.6) is 0 Å². The van der Waals surface area contributed by atoms with E-state index in [4.69, 9.17) is 5.11 Å². The number of carbonyl (C=O) groups is 1. The third-order valence-corrected chi connectivity index (χ3v) is 2.32. The predicted octanol–water partition coefficient (Wildman–Crippen LogP) is 1.10. The first-order valence-corrected chi connectivity index (χ1v) is 4.40. The van der Waals surface area contributed by atoms with E-state index < -0.39 is 12.0 Å². The Balaban J connectivity index is 2.58. The Hall–Kier alpha value is -1.84. The number of fused-ring (bicyclic) bond motifs is 1. The number of hydrogen-bond acceptors (Lipinski definition) is 1. The van der Waals surface area contributed by atoms with Gasteiger partial charge < -0.3 is 5.11 Å². The molecule has 72 valence electrons. The normalized spacial score (nSPS) is 12.9. The summed E-state index contributed by atoms with van der Waals surface area (Å²) in [6, 6.07) is 7.06. The number of hydrogen-bond donors (Lipinski definition) is 2. The van der Waals surface area contributed by atoms with Gasteiger partial charge in [-0.1, -0.05) is 12.1 Å². The smallest absolute Gasteiger partial charge is 0.349 e. The van der Waals surface area contributed by atoms with E-state index in [0.29, 0.717) is 0 Å². The van der Waals surface area contributed by atoms with E-state index in [1.165, 1.54) is 0 Å². The molecule has 1 aromatic carbocycles. The largest absolute Gasteiger partial charge is 0.478 e. The monoisotopic (exact) mass is 191 g/mol. The van der Waals surface area contributed by atoms with Crippen molar-refractivity contribution in [1.82, 2.24) is 4.98 Å². The molecule has 0 unspecified atom stereocenters. The molecule has 2 N–H and O–H groups in total. The number of aliphatic carboxylic acids is 1. The summed E-state index contributed by atoms with van der Waals surface area (Å²) < 4.78 is 1.71. The zero-order chi connectivity index (χ0) is 10.1. The molecule has 2 rings (SSSR count). The van der Waals surface area contributed by atoms with E-state index in [-0.39, 0.29) is 0 Å². The lowest BCUT2D eigenvalue weighted by Crippen LogP contribution is -2.40. The van der Waals surface area contributed by atoms with Crippen molar-refractivity contribution in [2.45, 2.75) is 13.0 Å². The number of H-pyrrole nitrogens is 1. The first-order chi connectivity index (χ1) is 6.70. The van der Waals surface area contributed by atoms with Crippen LogP contribution in [0.4, 0.5) is 0 Å². The van der Waals surface area contributed by atoms with Gasteiger partial charge in [0.05, 0.1) is 0 Å². The Labute approximate surface area is 80.8 Å². The third-order valence-electron chi connectivity index (χ3n) is 2.32. The summed E-state index contributed by atoms with van der Waals surface area (Å²) in [6.07, 6.45) is 1.68. The number of aromatic amines is 1. The van der Waals surface area contributed by atoms with Crippen molar-refractivity contribution >= 4 is 17.0 Å². The van der Waals surface area contributed by atoms with Crippen molar-refractivity contribution in [2.75, 3.05) is 0 Å². The zero-order valence-electron chi connectivity index (χ0n) is 7.77. The van der Waals surface area contributed by atoms with Crippen molar-refractivity contribution in [3.05, 3.63) is 30.6 Å². The van der Waals surface area contributed by atoms with Crippen molar-refractivity contribution < 1.29 is 14.5 Å². The van der Waals surface area contributed by atoms with Gasteiger partial charge in [0.15, 0.2) is 17.1 Å². The number of para-hydroxylation sites is 2. The molecule has 1 aromatic heterocycles. The maximum Gasteiger partial charge on any atom is 0.349 e. The summed E-state index contributed by atoms with van der Waals surface area (Å²) in [5, 5.41) is 8.88. The highest BCUT2D eigenvalue weighted by molar-refractivity contribution is 5.73. The van der Waals surface area contributed by atoms with Gasteiger partial charge in [-0.05, 0) is 19.1 Å². The van der Waals surface area contributed by atoms with Gasteiger partial charge in [0, 0.05) is 0 Å². The van der Waals surface area contributed by atoms with Crippen LogP contribution < -0.4 is 4.57 Å².